The fraction of sp³-hybridized carbons (Fsp3) is 0. The number of para-hydroxylation sites is 2. The van der Waals surface area contributed by atoms with E-state index in [1.54, 1.807) is 48.5 Å². The van der Waals surface area contributed by atoms with Crippen molar-refractivity contribution in [2.24, 2.45) is 0 Å². The number of amides is 1. The summed E-state index contributed by atoms with van der Waals surface area (Å²) in [4.78, 5) is 12.1. The first-order chi connectivity index (χ1) is 8.20. The van der Waals surface area contributed by atoms with Crippen molar-refractivity contribution in [1.82, 2.24) is 0 Å². The number of hydrogen-bond acceptors (Lipinski definition) is 2. The largest absolute Gasteiger partial charge is 0.456 e. The van der Waals surface area contributed by atoms with Crippen LogP contribution in [-0.2, 0) is 0 Å². The van der Waals surface area contributed by atoms with E-state index in [1.807, 2.05) is 6.07 Å². The zero-order valence-electron chi connectivity index (χ0n) is 9.18. The monoisotopic (exact) mass is 227 g/mol. The van der Waals surface area contributed by atoms with Crippen molar-refractivity contribution in [2.45, 2.75) is 0 Å². The molecule has 0 saturated carbocycles. The number of carbonyl (C=O) groups excluding carboxylic acids is 1. The lowest BCUT2D eigenvalue weighted by Crippen LogP contribution is -3.03. The van der Waals surface area contributed by atoms with E-state index in [0.29, 0.717) is 16.9 Å². The van der Waals surface area contributed by atoms with Gasteiger partial charge in [0.2, 0.25) is 0 Å². The number of benzene rings is 2. The SMILES string of the molecule is [NH-][NH+](C(=O)c1ccccc1N)c1ccccc1. The van der Waals surface area contributed by atoms with Crippen LogP contribution in [0.2, 0.25) is 0 Å². The average Bonchev–Trinajstić information content (AvgIpc) is 2.39. The van der Waals surface area contributed by atoms with Crippen LogP contribution < -0.4 is 10.7 Å². The smallest absolute Gasteiger partial charge is 0.341 e. The van der Waals surface area contributed by atoms with E-state index in [0.717, 1.165) is 0 Å². The average molecular weight is 227 g/mol. The molecule has 4 nitrogen and oxygen atoms in total. The molecule has 2 rings (SSSR count). The number of anilines is 1. The predicted molar refractivity (Wildman–Crippen MR) is 66.6 cm³/mol. The molecule has 2 aromatic carbocycles. The maximum atomic E-state index is 12.1. The Morgan fingerprint density at radius 1 is 1.00 bits per heavy atom. The van der Waals surface area contributed by atoms with Gasteiger partial charge in [0, 0.05) is 5.69 Å². The van der Waals surface area contributed by atoms with E-state index < -0.39 is 0 Å². The number of hydrogen-bond donors (Lipinski definition) is 2. The van der Waals surface area contributed by atoms with Gasteiger partial charge in [0.05, 0.1) is 0 Å². The van der Waals surface area contributed by atoms with Crippen LogP contribution in [0.25, 0.3) is 5.84 Å². The number of quaternary nitrogens is 1. The first kappa shape index (κ1) is 11.3. The first-order valence-electron chi connectivity index (χ1n) is 5.23. The number of nitrogens with two attached hydrogens (primary N) is 1. The van der Waals surface area contributed by atoms with Crippen LogP contribution in [-0.4, -0.2) is 5.91 Å². The second kappa shape index (κ2) is 4.78. The molecule has 1 atom stereocenters. The van der Waals surface area contributed by atoms with E-state index in [1.165, 1.54) is 0 Å². The Morgan fingerprint density at radius 3 is 2.24 bits per heavy atom. The topological polar surface area (TPSA) is 71.3 Å². The van der Waals surface area contributed by atoms with E-state index >= 15 is 0 Å². The predicted octanol–water partition coefficient (Wildman–Crippen LogP) is 1.59. The molecule has 0 fully saturated rings. The van der Waals surface area contributed by atoms with Crippen LogP contribution in [0.5, 0.6) is 0 Å². The zero-order valence-corrected chi connectivity index (χ0v) is 9.18. The van der Waals surface area contributed by atoms with Crippen molar-refractivity contribution in [3.63, 3.8) is 0 Å². The van der Waals surface area contributed by atoms with E-state index in [4.69, 9.17) is 11.6 Å². The summed E-state index contributed by atoms with van der Waals surface area (Å²) >= 11 is 0. The Hall–Kier alpha value is -2.17. The van der Waals surface area contributed by atoms with Crippen molar-refractivity contribution in [1.29, 1.82) is 0 Å². The van der Waals surface area contributed by atoms with Gasteiger partial charge in [0.1, 0.15) is 11.3 Å². The number of nitrogen functional groups attached to an aromatic ring is 1. The molecule has 4 heteroatoms. The zero-order chi connectivity index (χ0) is 12.3. The molecule has 0 saturated heterocycles. The molecule has 0 aliphatic rings. The van der Waals surface area contributed by atoms with Gasteiger partial charge in [-0.25, -0.2) is 4.79 Å². The fourth-order valence-corrected chi connectivity index (χ4v) is 1.57. The molecule has 0 aliphatic heterocycles. The normalized spacial score (nSPS) is 12.1. The van der Waals surface area contributed by atoms with Gasteiger partial charge in [-0.2, -0.15) is 0 Å². The Bertz CT molecular complexity index is 525. The highest BCUT2D eigenvalue weighted by molar-refractivity contribution is 5.94. The minimum absolute atomic E-state index is 0.0384. The molecule has 17 heavy (non-hydrogen) atoms. The molecule has 0 aromatic heterocycles. The summed E-state index contributed by atoms with van der Waals surface area (Å²) in [6, 6.07) is 15.7. The highest BCUT2D eigenvalue weighted by atomic mass is 16.2. The number of nitrogens with one attached hydrogen (secondary N) is 2. The molecule has 4 N–H and O–H groups in total. The van der Waals surface area contributed by atoms with E-state index in [2.05, 4.69) is 0 Å². The van der Waals surface area contributed by atoms with Crippen molar-refractivity contribution in [3.05, 3.63) is 66.0 Å². The Balaban J connectivity index is 2.30. The van der Waals surface area contributed by atoms with Crippen LogP contribution in [0.15, 0.2) is 54.6 Å². The number of rotatable bonds is 2. The summed E-state index contributed by atoms with van der Waals surface area (Å²) in [6.07, 6.45) is 0. The summed E-state index contributed by atoms with van der Waals surface area (Å²) in [5.41, 5.74) is 7.10. The van der Waals surface area contributed by atoms with Crippen molar-refractivity contribution < 1.29 is 9.80 Å². The second-order valence-electron chi connectivity index (χ2n) is 3.66. The van der Waals surface area contributed by atoms with Gasteiger partial charge in [0.25, 0.3) is 0 Å². The lowest BCUT2D eigenvalue weighted by molar-refractivity contribution is -0.679. The molecule has 0 spiro atoms. The summed E-state index contributed by atoms with van der Waals surface area (Å²) in [5, 5.41) is -0.0384. The fourth-order valence-electron chi connectivity index (χ4n) is 1.57. The third kappa shape index (κ3) is 2.33. The minimum Gasteiger partial charge on any atom is -0.456 e. The molecular formula is C13H13N3O. The summed E-state index contributed by atoms with van der Waals surface area (Å²) in [7, 11) is 0. The van der Waals surface area contributed by atoms with Gasteiger partial charge in [-0.15, -0.1) is 0 Å². The van der Waals surface area contributed by atoms with Gasteiger partial charge in [0.15, 0.2) is 0 Å². The molecule has 0 aliphatic carbocycles. The summed E-state index contributed by atoms with van der Waals surface area (Å²) in [5.74, 6) is 7.51. The van der Waals surface area contributed by atoms with Crippen molar-refractivity contribution in [2.75, 3.05) is 5.73 Å². The van der Waals surface area contributed by atoms with Crippen molar-refractivity contribution >= 4 is 17.3 Å². The van der Waals surface area contributed by atoms with Crippen molar-refractivity contribution in [3.8, 4) is 0 Å². The van der Waals surface area contributed by atoms with Gasteiger partial charge < -0.3 is 16.6 Å². The molecule has 0 radical (unpaired) electrons. The first-order valence-corrected chi connectivity index (χ1v) is 5.23. The van der Waals surface area contributed by atoms with Crippen LogP contribution >= 0.6 is 0 Å². The van der Waals surface area contributed by atoms with E-state index in [-0.39, 0.29) is 10.9 Å². The third-order valence-corrected chi connectivity index (χ3v) is 2.49. The Morgan fingerprint density at radius 2 is 1.59 bits per heavy atom. The van der Waals surface area contributed by atoms with Gasteiger partial charge in [-0.3, -0.25) is 0 Å². The lowest BCUT2D eigenvalue weighted by atomic mass is 10.1. The van der Waals surface area contributed by atoms with Gasteiger partial charge in [-0.1, -0.05) is 30.3 Å². The Kier molecular flexibility index (Phi) is 3.18. The minimum atomic E-state index is -0.352. The summed E-state index contributed by atoms with van der Waals surface area (Å²) < 4.78 is 0. The maximum Gasteiger partial charge on any atom is 0.341 e. The molecule has 86 valence electrons. The quantitative estimate of drug-likeness (QED) is 0.604. The highest BCUT2D eigenvalue weighted by Crippen LogP contribution is 2.10. The third-order valence-electron chi connectivity index (χ3n) is 2.49. The summed E-state index contributed by atoms with van der Waals surface area (Å²) in [6.45, 7) is 0. The van der Waals surface area contributed by atoms with Crippen LogP contribution in [0.4, 0.5) is 11.4 Å². The molecule has 0 heterocycles. The van der Waals surface area contributed by atoms with Crippen LogP contribution in [0, 0.1) is 0 Å². The second-order valence-corrected chi connectivity index (χ2v) is 3.66. The molecule has 1 amide bonds. The lowest BCUT2D eigenvalue weighted by Gasteiger charge is -2.18. The molecule has 0 bridgehead atoms. The standard InChI is InChI=1S/C13H13N3O/c14-12-9-5-4-8-11(12)13(17)16(15)10-6-2-1-3-7-10/h1-9,15-16H,14H2. The van der Waals surface area contributed by atoms with Gasteiger partial charge >= 0.3 is 5.91 Å². The maximum absolute atomic E-state index is 12.1. The van der Waals surface area contributed by atoms with E-state index in [9.17, 15) is 4.79 Å². The van der Waals surface area contributed by atoms with Crippen LogP contribution in [0.1, 0.15) is 10.4 Å². The van der Waals surface area contributed by atoms with Gasteiger partial charge in [-0.05, 0) is 24.3 Å². The highest BCUT2D eigenvalue weighted by Gasteiger charge is 2.17. The van der Waals surface area contributed by atoms with Crippen LogP contribution in [0.3, 0.4) is 0 Å². The molecule has 2 aromatic rings. The molecule has 1 unspecified atom stereocenters. The Labute approximate surface area is 99.4 Å². The molecular weight excluding hydrogens is 214 g/mol. The number of carbonyl (C=O) groups is 1.